The zero-order valence-electron chi connectivity index (χ0n) is 12.3. The minimum absolute atomic E-state index is 0.117. The fourth-order valence-corrected chi connectivity index (χ4v) is 3.31. The van der Waals surface area contributed by atoms with Gasteiger partial charge in [-0.05, 0) is 26.3 Å². The maximum Gasteiger partial charge on any atom is 0.231 e. The molecule has 3 heterocycles. The molecule has 2 aromatic rings. The number of thiazole rings is 1. The fourth-order valence-electron chi connectivity index (χ4n) is 2.77. The summed E-state index contributed by atoms with van der Waals surface area (Å²) in [4.78, 5) is 26.4. The molecule has 0 aromatic carbocycles. The van der Waals surface area contributed by atoms with Crippen molar-refractivity contribution in [1.82, 2.24) is 19.9 Å². The molecule has 2 aromatic heterocycles. The van der Waals surface area contributed by atoms with E-state index in [9.17, 15) is 4.79 Å². The largest absolute Gasteiger partial charge is 0.369 e. The molecular weight excluding hydrogens is 300 g/mol. The van der Waals surface area contributed by atoms with E-state index in [4.69, 9.17) is 5.73 Å². The minimum Gasteiger partial charge on any atom is -0.369 e. The Labute approximate surface area is 132 Å². The number of amides is 1. The van der Waals surface area contributed by atoms with Crippen LogP contribution in [-0.4, -0.2) is 38.8 Å². The number of nitrogens with two attached hydrogens (primary N) is 1. The lowest BCUT2D eigenvalue weighted by Gasteiger charge is -2.23. The predicted octanol–water partition coefficient (Wildman–Crippen LogP) is 1.61. The van der Waals surface area contributed by atoms with Crippen molar-refractivity contribution in [3.8, 4) is 0 Å². The summed E-state index contributed by atoms with van der Waals surface area (Å²) >= 11 is 1.52. The second-order valence-electron chi connectivity index (χ2n) is 5.28. The highest BCUT2D eigenvalue weighted by Gasteiger charge is 2.28. The Morgan fingerprint density at radius 2 is 2.41 bits per heavy atom. The second kappa shape index (κ2) is 6.37. The van der Waals surface area contributed by atoms with Gasteiger partial charge < -0.3 is 11.1 Å². The number of aromatic nitrogens is 3. The lowest BCUT2D eigenvalue weighted by atomic mass is 10.1. The molecule has 1 fully saturated rings. The molecule has 1 atom stereocenters. The quantitative estimate of drug-likeness (QED) is 0.869. The van der Waals surface area contributed by atoms with Crippen LogP contribution in [0.3, 0.4) is 0 Å². The third-order valence-corrected chi connectivity index (χ3v) is 4.28. The summed E-state index contributed by atoms with van der Waals surface area (Å²) in [5.41, 5.74) is 6.25. The predicted molar refractivity (Wildman–Crippen MR) is 84.9 cm³/mol. The summed E-state index contributed by atoms with van der Waals surface area (Å²) in [5, 5.41) is 5.89. The zero-order valence-corrected chi connectivity index (χ0v) is 13.1. The average Bonchev–Trinajstić information content (AvgIpc) is 3.09. The molecule has 1 saturated heterocycles. The lowest BCUT2D eigenvalue weighted by molar-refractivity contribution is -0.119. The van der Waals surface area contributed by atoms with Gasteiger partial charge in [0.05, 0.1) is 18.3 Å². The number of primary amides is 1. The molecule has 7 nitrogen and oxygen atoms in total. The van der Waals surface area contributed by atoms with Gasteiger partial charge in [-0.25, -0.2) is 15.0 Å². The van der Waals surface area contributed by atoms with Crippen LogP contribution in [0.2, 0.25) is 0 Å². The van der Waals surface area contributed by atoms with E-state index in [0.717, 1.165) is 36.0 Å². The third kappa shape index (κ3) is 3.40. The summed E-state index contributed by atoms with van der Waals surface area (Å²) in [6, 6.07) is 2.05. The summed E-state index contributed by atoms with van der Waals surface area (Å²) in [6.07, 6.45) is 3.75. The molecule has 0 aliphatic carbocycles. The van der Waals surface area contributed by atoms with Crippen molar-refractivity contribution < 1.29 is 4.79 Å². The smallest absolute Gasteiger partial charge is 0.231 e. The van der Waals surface area contributed by atoms with Gasteiger partial charge in [-0.3, -0.25) is 9.69 Å². The van der Waals surface area contributed by atoms with Crippen LogP contribution in [0.15, 0.2) is 17.6 Å². The van der Waals surface area contributed by atoms with Crippen LogP contribution in [0.25, 0.3) is 0 Å². The number of carbonyl (C=O) groups is 1. The molecule has 3 rings (SSSR count). The highest BCUT2D eigenvalue weighted by Crippen LogP contribution is 2.31. The fraction of sp³-hybridized carbons (Fsp3) is 0.429. The Bertz CT molecular complexity index is 659. The number of likely N-dealkylation sites (tertiary alicyclic amines) is 1. The van der Waals surface area contributed by atoms with Crippen LogP contribution < -0.4 is 11.1 Å². The number of hydrogen-bond donors (Lipinski definition) is 2. The van der Waals surface area contributed by atoms with Crippen LogP contribution in [0.1, 0.15) is 30.4 Å². The standard InChI is InChI=1S/C14H18N6OS/c1-9-17-10(11-3-2-5-20(11)8-12(15)21)7-13(18-9)19-14-16-4-6-22-14/h4,6-7,11H,2-3,5,8H2,1H3,(H2,15,21)(H,16,17,18,19)/t11-/m1/s1. The molecular formula is C14H18N6OS. The maximum atomic E-state index is 11.2. The summed E-state index contributed by atoms with van der Waals surface area (Å²) < 4.78 is 0. The van der Waals surface area contributed by atoms with E-state index in [1.54, 1.807) is 6.20 Å². The first-order chi connectivity index (χ1) is 10.6. The molecule has 0 spiro atoms. The number of nitrogens with one attached hydrogen (secondary N) is 1. The van der Waals surface area contributed by atoms with E-state index in [2.05, 4.69) is 25.2 Å². The van der Waals surface area contributed by atoms with Gasteiger partial charge in [0.25, 0.3) is 0 Å². The van der Waals surface area contributed by atoms with Gasteiger partial charge in [0.2, 0.25) is 5.91 Å². The topological polar surface area (TPSA) is 97.0 Å². The number of aryl methyl sites for hydroxylation is 1. The van der Waals surface area contributed by atoms with Crippen molar-refractivity contribution in [2.75, 3.05) is 18.4 Å². The first-order valence-corrected chi connectivity index (χ1v) is 8.04. The highest BCUT2D eigenvalue weighted by atomic mass is 32.1. The van der Waals surface area contributed by atoms with E-state index >= 15 is 0 Å². The molecule has 1 amide bonds. The second-order valence-corrected chi connectivity index (χ2v) is 6.18. The van der Waals surface area contributed by atoms with Crippen LogP contribution in [0, 0.1) is 6.92 Å². The summed E-state index contributed by atoms with van der Waals surface area (Å²) in [5.74, 6) is 1.12. The molecule has 0 radical (unpaired) electrons. The van der Waals surface area contributed by atoms with Gasteiger partial charge in [0, 0.05) is 17.6 Å². The monoisotopic (exact) mass is 318 g/mol. The van der Waals surface area contributed by atoms with Gasteiger partial charge in [-0.15, -0.1) is 11.3 Å². The molecule has 3 N–H and O–H groups in total. The van der Waals surface area contributed by atoms with Gasteiger partial charge in [0.15, 0.2) is 5.13 Å². The van der Waals surface area contributed by atoms with Crippen LogP contribution >= 0.6 is 11.3 Å². The molecule has 0 unspecified atom stereocenters. The van der Waals surface area contributed by atoms with Crippen molar-refractivity contribution in [3.05, 3.63) is 29.2 Å². The lowest BCUT2D eigenvalue weighted by Crippen LogP contribution is -2.33. The average molecular weight is 318 g/mol. The Morgan fingerprint density at radius 3 is 3.14 bits per heavy atom. The van der Waals surface area contributed by atoms with Crippen molar-refractivity contribution in [3.63, 3.8) is 0 Å². The number of anilines is 2. The summed E-state index contributed by atoms with van der Waals surface area (Å²) in [7, 11) is 0. The first-order valence-electron chi connectivity index (χ1n) is 7.16. The minimum atomic E-state index is -0.307. The maximum absolute atomic E-state index is 11.2. The number of carbonyl (C=O) groups excluding carboxylic acids is 1. The molecule has 116 valence electrons. The molecule has 22 heavy (non-hydrogen) atoms. The van der Waals surface area contributed by atoms with Crippen molar-refractivity contribution in [2.24, 2.45) is 5.73 Å². The summed E-state index contributed by atoms with van der Waals surface area (Å²) in [6.45, 7) is 3.00. The number of nitrogens with zero attached hydrogens (tertiary/aromatic N) is 4. The van der Waals surface area contributed by atoms with Crippen LogP contribution in [0.4, 0.5) is 10.9 Å². The Morgan fingerprint density at radius 1 is 1.55 bits per heavy atom. The van der Waals surface area contributed by atoms with Gasteiger partial charge in [0.1, 0.15) is 11.6 Å². The first kappa shape index (κ1) is 14.9. The van der Waals surface area contributed by atoms with Crippen LogP contribution in [0.5, 0.6) is 0 Å². The normalized spacial score (nSPS) is 18.5. The molecule has 1 aliphatic heterocycles. The van der Waals surface area contributed by atoms with E-state index in [0.29, 0.717) is 5.82 Å². The zero-order chi connectivity index (χ0) is 15.5. The highest BCUT2D eigenvalue weighted by molar-refractivity contribution is 7.13. The number of rotatable bonds is 5. The van der Waals surface area contributed by atoms with Crippen molar-refractivity contribution in [2.45, 2.75) is 25.8 Å². The number of hydrogen-bond acceptors (Lipinski definition) is 7. The Hall–Kier alpha value is -2.06. The van der Waals surface area contributed by atoms with Gasteiger partial charge in [-0.1, -0.05) is 0 Å². The molecule has 1 aliphatic rings. The van der Waals surface area contributed by atoms with Crippen molar-refractivity contribution in [1.29, 1.82) is 0 Å². The SMILES string of the molecule is Cc1nc(Nc2nccs2)cc([C@H]2CCCN2CC(N)=O)n1. The molecule has 8 heteroatoms. The van der Waals surface area contributed by atoms with E-state index in [1.807, 2.05) is 18.4 Å². The van der Waals surface area contributed by atoms with Crippen molar-refractivity contribution >= 4 is 28.2 Å². The van der Waals surface area contributed by atoms with E-state index < -0.39 is 0 Å². The van der Waals surface area contributed by atoms with Crippen LogP contribution in [-0.2, 0) is 4.79 Å². The molecule has 0 bridgehead atoms. The Kier molecular flexibility index (Phi) is 4.30. The van der Waals surface area contributed by atoms with Gasteiger partial charge >= 0.3 is 0 Å². The Balaban J connectivity index is 1.83. The molecule has 0 saturated carbocycles. The third-order valence-electron chi connectivity index (χ3n) is 3.59. The van der Waals surface area contributed by atoms with E-state index in [1.165, 1.54) is 11.3 Å². The van der Waals surface area contributed by atoms with E-state index in [-0.39, 0.29) is 18.5 Å². The van der Waals surface area contributed by atoms with Gasteiger partial charge in [-0.2, -0.15) is 0 Å².